The zero-order chi connectivity index (χ0) is 25.8. The number of amides is 1. The molecule has 3 aromatic carbocycles. The van der Waals surface area contributed by atoms with E-state index in [4.69, 9.17) is 4.74 Å². The SMILES string of the molecule is COc1cc(CO)ccc1Nc1nc2ccc(-c3ccc(NC(=O)Cc4ccc(F)cc4)cc3)cn2n1. The number of aliphatic hydroxyl groups is 1. The first-order valence-electron chi connectivity index (χ1n) is 11.6. The third-order valence-electron chi connectivity index (χ3n) is 5.81. The predicted octanol–water partition coefficient (Wildman–Crippen LogP) is 4.96. The molecule has 0 radical (unpaired) electrons. The van der Waals surface area contributed by atoms with E-state index in [1.165, 1.54) is 12.1 Å². The molecule has 186 valence electrons. The van der Waals surface area contributed by atoms with E-state index in [0.29, 0.717) is 28.7 Å². The number of fused-ring (bicyclic) bond motifs is 1. The fraction of sp³-hybridized carbons (Fsp3) is 0.107. The number of carbonyl (C=O) groups excluding carboxylic acids is 1. The quantitative estimate of drug-likeness (QED) is 0.280. The molecule has 5 rings (SSSR count). The van der Waals surface area contributed by atoms with Gasteiger partial charge in [0.05, 0.1) is 25.8 Å². The topological polar surface area (TPSA) is 101 Å². The highest BCUT2D eigenvalue weighted by Gasteiger charge is 2.10. The predicted molar refractivity (Wildman–Crippen MR) is 139 cm³/mol. The first-order valence-corrected chi connectivity index (χ1v) is 11.6. The molecular formula is C28H24FN5O3. The number of anilines is 3. The Morgan fingerprint density at radius 3 is 2.43 bits per heavy atom. The van der Waals surface area contributed by atoms with Crippen LogP contribution in [-0.2, 0) is 17.8 Å². The molecule has 1 amide bonds. The molecule has 5 aromatic rings. The smallest absolute Gasteiger partial charge is 0.247 e. The summed E-state index contributed by atoms with van der Waals surface area (Å²) >= 11 is 0. The minimum atomic E-state index is -0.329. The van der Waals surface area contributed by atoms with Gasteiger partial charge in [-0.15, -0.1) is 5.10 Å². The number of hydrogen-bond acceptors (Lipinski definition) is 6. The van der Waals surface area contributed by atoms with Crippen molar-refractivity contribution in [1.82, 2.24) is 14.6 Å². The highest BCUT2D eigenvalue weighted by Crippen LogP contribution is 2.28. The van der Waals surface area contributed by atoms with Crippen LogP contribution in [0, 0.1) is 5.82 Å². The largest absolute Gasteiger partial charge is 0.495 e. The van der Waals surface area contributed by atoms with Crippen molar-refractivity contribution in [3.63, 3.8) is 0 Å². The number of aliphatic hydroxyl groups excluding tert-OH is 1. The second-order valence-electron chi connectivity index (χ2n) is 8.40. The number of methoxy groups -OCH3 is 1. The molecule has 0 fully saturated rings. The number of benzene rings is 3. The lowest BCUT2D eigenvalue weighted by molar-refractivity contribution is -0.115. The molecule has 9 heteroatoms. The maximum absolute atomic E-state index is 13.1. The Bertz CT molecular complexity index is 1550. The molecule has 0 aliphatic rings. The molecule has 8 nitrogen and oxygen atoms in total. The van der Waals surface area contributed by atoms with Gasteiger partial charge in [-0.1, -0.05) is 30.3 Å². The molecule has 0 aliphatic carbocycles. The average Bonchev–Trinajstić information content (AvgIpc) is 3.32. The van der Waals surface area contributed by atoms with Gasteiger partial charge in [0.25, 0.3) is 0 Å². The van der Waals surface area contributed by atoms with Crippen LogP contribution in [0.25, 0.3) is 16.8 Å². The summed E-state index contributed by atoms with van der Waals surface area (Å²) in [5.41, 5.74) is 5.39. The van der Waals surface area contributed by atoms with Crippen LogP contribution in [0.15, 0.2) is 85.1 Å². The van der Waals surface area contributed by atoms with E-state index in [-0.39, 0.29) is 24.8 Å². The summed E-state index contributed by atoms with van der Waals surface area (Å²) in [5.74, 6) is 0.485. The Hall–Kier alpha value is -4.76. The third-order valence-corrected chi connectivity index (χ3v) is 5.81. The number of ether oxygens (including phenoxy) is 1. The van der Waals surface area contributed by atoms with Gasteiger partial charge in [0.15, 0.2) is 5.65 Å². The van der Waals surface area contributed by atoms with Crippen molar-refractivity contribution in [2.24, 2.45) is 0 Å². The summed E-state index contributed by atoms with van der Waals surface area (Å²) in [7, 11) is 1.56. The van der Waals surface area contributed by atoms with Crippen LogP contribution in [0.4, 0.5) is 21.7 Å². The van der Waals surface area contributed by atoms with Crippen LogP contribution in [0.1, 0.15) is 11.1 Å². The van der Waals surface area contributed by atoms with Gasteiger partial charge >= 0.3 is 0 Å². The number of nitrogens with zero attached hydrogens (tertiary/aromatic N) is 3. The Balaban J connectivity index is 1.28. The van der Waals surface area contributed by atoms with Crippen LogP contribution < -0.4 is 15.4 Å². The fourth-order valence-electron chi connectivity index (χ4n) is 3.90. The number of rotatable bonds is 8. The molecule has 3 N–H and O–H groups in total. The van der Waals surface area contributed by atoms with Crippen LogP contribution in [-0.4, -0.2) is 32.7 Å². The second kappa shape index (κ2) is 10.5. The van der Waals surface area contributed by atoms with Crippen LogP contribution >= 0.6 is 0 Å². The minimum absolute atomic E-state index is 0.0740. The Labute approximate surface area is 212 Å². The Morgan fingerprint density at radius 1 is 0.973 bits per heavy atom. The number of pyridine rings is 1. The van der Waals surface area contributed by atoms with Crippen molar-refractivity contribution < 1.29 is 19.0 Å². The first-order chi connectivity index (χ1) is 18.0. The summed E-state index contributed by atoms with van der Waals surface area (Å²) in [5, 5.41) is 19.9. The summed E-state index contributed by atoms with van der Waals surface area (Å²) in [6, 6.07) is 22.6. The molecule has 0 aliphatic heterocycles. The van der Waals surface area contributed by atoms with Gasteiger partial charge in [0, 0.05) is 17.4 Å². The minimum Gasteiger partial charge on any atom is -0.495 e. The van der Waals surface area contributed by atoms with Crippen molar-refractivity contribution in [3.05, 3.63) is 102 Å². The highest BCUT2D eigenvalue weighted by molar-refractivity contribution is 5.92. The lowest BCUT2D eigenvalue weighted by Crippen LogP contribution is -2.14. The molecule has 2 heterocycles. The van der Waals surface area contributed by atoms with Crippen LogP contribution in [0.5, 0.6) is 5.75 Å². The van der Waals surface area contributed by atoms with Gasteiger partial charge < -0.3 is 20.5 Å². The van der Waals surface area contributed by atoms with Crippen molar-refractivity contribution in [1.29, 1.82) is 0 Å². The summed E-state index contributed by atoms with van der Waals surface area (Å²) < 4.78 is 20.1. The van der Waals surface area contributed by atoms with E-state index in [1.54, 1.807) is 35.9 Å². The van der Waals surface area contributed by atoms with Gasteiger partial charge in [0.2, 0.25) is 11.9 Å². The number of nitrogens with one attached hydrogen (secondary N) is 2. The summed E-state index contributed by atoms with van der Waals surface area (Å²) in [4.78, 5) is 16.8. The molecule has 37 heavy (non-hydrogen) atoms. The van der Waals surface area contributed by atoms with Crippen LogP contribution in [0.2, 0.25) is 0 Å². The van der Waals surface area contributed by atoms with E-state index < -0.39 is 0 Å². The third kappa shape index (κ3) is 5.57. The van der Waals surface area contributed by atoms with Crippen molar-refractivity contribution >= 4 is 28.9 Å². The van der Waals surface area contributed by atoms with Gasteiger partial charge in [-0.05, 0) is 65.2 Å². The maximum Gasteiger partial charge on any atom is 0.247 e. The average molecular weight is 498 g/mol. The lowest BCUT2D eigenvalue weighted by Gasteiger charge is -2.09. The maximum atomic E-state index is 13.1. The molecule has 0 saturated carbocycles. The van der Waals surface area contributed by atoms with E-state index in [2.05, 4.69) is 20.7 Å². The molecule has 0 atom stereocenters. The summed E-state index contributed by atoms with van der Waals surface area (Å²) in [6.45, 7) is -0.0740. The fourth-order valence-corrected chi connectivity index (χ4v) is 3.90. The molecule has 0 saturated heterocycles. The number of halogens is 1. The molecular weight excluding hydrogens is 473 g/mol. The Kier molecular flexibility index (Phi) is 6.78. The zero-order valence-electron chi connectivity index (χ0n) is 20.0. The Morgan fingerprint density at radius 2 is 1.70 bits per heavy atom. The van der Waals surface area contributed by atoms with E-state index in [0.717, 1.165) is 22.3 Å². The number of aromatic nitrogens is 3. The van der Waals surface area contributed by atoms with Gasteiger partial charge in [-0.25, -0.2) is 8.91 Å². The number of carbonyl (C=O) groups is 1. The second-order valence-corrected chi connectivity index (χ2v) is 8.40. The highest BCUT2D eigenvalue weighted by atomic mass is 19.1. The normalized spacial score (nSPS) is 10.9. The molecule has 0 unspecified atom stereocenters. The van der Waals surface area contributed by atoms with Gasteiger partial charge in [0.1, 0.15) is 11.6 Å². The van der Waals surface area contributed by atoms with E-state index >= 15 is 0 Å². The first kappa shape index (κ1) is 24.0. The van der Waals surface area contributed by atoms with Crippen molar-refractivity contribution in [2.45, 2.75) is 13.0 Å². The van der Waals surface area contributed by atoms with Crippen LogP contribution in [0.3, 0.4) is 0 Å². The van der Waals surface area contributed by atoms with E-state index in [9.17, 15) is 14.3 Å². The molecule has 0 spiro atoms. The van der Waals surface area contributed by atoms with E-state index in [1.807, 2.05) is 48.7 Å². The van der Waals surface area contributed by atoms with Gasteiger partial charge in [-0.3, -0.25) is 4.79 Å². The standard InChI is InChI=1S/C28H24FN5O3/c1-37-25-14-19(17-35)4-12-24(25)31-28-32-26-13-7-21(16-34(26)33-28)20-5-10-23(11-6-20)30-27(36)15-18-2-8-22(29)9-3-18/h2-14,16,35H,15,17H2,1H3,(H,30,36)(H,31,33). The molecule has 0 bridgehead atoms. The van der Waals surface area contributed by atoms with Crippen molar-refractivity contribution in [3.8, 4) is 16.9 Å². The van der Waals surface area contributed by atoms with Gasteiger partial charge in [-0.2, -0.15) is 4.98 Å². The monoisotopic (exact) mass is 497 g/mol. The summed E-state index contributed by atoms with van der Waals surface area (Å²) in [6.07, 6.45) is 2.04. The lowest BCUT2D eigenvalue weighted by atomic mass is 10.1. The molecule has 2 aromatic heterocycles. The van der Waals surface area contributed by atoms with Crippen molar-refractivity contribution in [2.75, 3.05) is 17.7 Å². The zero-order valence-corrected chi connectivity index (χ0v) is 20.0. The number of hydrogen-bond donors (Lipinski definition) is 3.